The molecule has 3 heterocycles. The second-order valence-corrected chi connectivity index (χ2v) is 8.78. The number of hydrogen-bond donors (Lipinski definition) is 3. The van der Waals surface area contributed by atoms with Gasteiger partial charge in [0, 0.05) is 50.2 Å². The van der Waals surface area contributed by atoms with Gasteiger partial charge >= 0.3 is 12.4 Å². The van der Waals surface area contributed by atoms with Crippen LogP contribution in [0.3, 0.4) is 0 Å². The van der Waals surface area contributed by atoms with E-state index in [1.54, 1.807) is 24.1 Å². The van der Waals surface area contributed by atoms with Gasteiger partial charge in [-0.15, -0.1) is 13.2 Å². The quantitative estimate of drug-likeness (QED) is 0.350. The second kappa shape index (κ2) is 10.5. The van der Waals surface area contributed by atoms with Gasteiger partial charge in [-0.1, -0.05) is 12.1 Å². The van der Waals surface area contributed by atoms with Crippen LogP contribution < -0.4 is 20.3 Å². The zero-order valence-electron chi connectivity index (χ0n) is 20.7. The van der Waals surface area contributed by atoms with E-state index in [1.807, 2.05) is 18.2 Å². The first kappa shape index (κ1) is 25.8. The van der Waals surface area contributed by atoms with Crippen LogP contribution in [0.25, 0.3) is 22.3 Å². The van der Waals surface area contributed by atoms with Crippen LogP contribution in [0.15, 0.2) is 60.9 Å². The molecule has 1 fully saturated rings. The number of alkyl halides is 3. The van der Waals surface area contributed by atoms with Gasteiger partial charge in [-0.2, -0.15) is 0 Å². The Morgan fingerprint density at radius 3 is 2.44 bits per heavy atom. The van der Waals surface area contributed by atoms with Crippen molar-refractivity contribution in [3.63, 3.8) is 0 Å². The van der Waals surface area contributed by atoms with Crippen LogP contribution in [0.1, 0.15) is 10.4 Å². The average molecular weight is 540 g/mol. The summed E-state index contributed by atoms with van der Waals surface area (Å²) in [4.78, 5) is 40.6. The Hall–Kier alpha value is -4.81. The molecule has 0 radical (unpaired) electrons. The number of carbonyl (C=O) groups excluding carboxylic acids is 2. The maximum absolute atomic E-state index is 12.7. The van der Waals surface area contributed by atoms with Crippen LogP contribution in [0.2, 0.25) is 0 Å². The first-order chi connectivity index (χ1) is 18.7. The van der Waals surface area contributed by atoms with Crippen LogP contribution in [0.4, 0.5) is 29.5 Å². The van der Waals surface area contributed by atoms with Crippen molar-refractivity contribution in [2.24, 2.45) is 0 Å². The Kier molecular flexibility index (Phi) is 6.96. The highest BCUT2D eigenvalue weighted by Gasteiger charge is 2.31. The highest BCUT2D eigenvalue weighted by molar-refractivity contribution is 5.96. The first-order valence-corrected chi connectivity index (χ1v) is 12.0. The molecular formula is C26H24F3N7O3. The molecule has 1 aliphatic heterocycles. The average Bonchev–Trinajstić information content (AvgIpc) is 3.38. The Bertz CT molecular complexity index is 1500. The van der Waals surface area contributed by atoms with Crippen LogP contribution in [0, 0.1) is 0 Å². The Morgan fingerprint density at radius 2 is 1.74 bits per heavy atom. The number of anilines is 2. The minimum Gasteiger partial charge on any atom is -0.406 e. The van der Waals surface area contributed by atoms with Gasteiger partial charge < -0.3 is 30.2 Å². The van der Waals surface area contributed by atoms with Gasteiger partial charge in [0.15, 0.2) is 0 Å². The summed E-state index contributed by atoms with van der Waals surface area (Å²) in [5.74, 6) is 0.186. The largest absolute Gasteiger partial charge is 0.573 e. The number of ether oxygens (including phenoxy) is 1. The van der Waals surface area contributed by atoms with Crippen molar-refractivity contribution in [1.29, 1.82) is 0 Å². The predicted octanol–water partition coefficient (Wildman–Crippen LogP) is 4.24. The number of H-pyrrole nitrogens is 1. The Labute approximate surface area is 220 Å². The first-order valence-electron chi connectivity index (χ1n) is 12.0. The third-order valence-electron chi connectivity index (χ3n) is 6.27. The third kappa shape index (κ3) is 5.87. The standard InChI is InChI=1S/C26H24F3N7O3/c1-30-24(37)17-4-2-3-16(13-17)21-14-20-22(34-21)31-15-32-23(20)35-9-11-36(12-10-35)25(38)33-18-5-7-19(8-6-18)39-26(27,28)29/h2-8,13-15H,9-12H2,1H3,(H,30,37)(H,33,38)(H,31,32,34). The third-order valence-corrected chi connectivity index (χ3v) is 6.27. The van der Waals surface area contributed by atoms with Crippen molar-refractivity contribution < 1.29 is 27.5 Å². The van der Waals surface area contributed by atoms with E-state index in [1.165, 1.54) is 18.5 Å². The summed E-state index contributed by atoms with van der Waals surface area (Å²) in [7, 11) is 1.58. The van der Waals surface area contributed by atoms with E-state index in [0.29, 0.717) is 43.1 Å². The van der Waals surface area contributed by atoms with Crippen LogP contribution >= 0.6 is 0 Å². The van der Waals surface area contributed by atoms with E-state index in [0.717, 1.165) is 34.6 Å². The fraction of sp³-hybridized carbons (Fsp3) is 0.231. The fourth-order valence-corrected chi connectivity index (χ4v) is 4.37. The molecule has 0 unspecified atom stereocenters. The molecule has 2 aromatic carbocycles. The molecule has 5 rings (SSSR count). The van der Waals surface area contributed by atoms with Crippen molar-refractivity contribution in [3.05, 3.63) is 66.5 Å². The summed E-state index contributed by atoms with van der Waals surface area (Å²) in [5, 5.41) is 6.13. The molecule has 0 saturated carbocycles. The number of benzene rings is 2. The number of aromatic nitrogens is 3. The molecule has 10 nitrogen and oxygen atoms in total. The minimum atomic E-state index is -4.78. The number of hydrogen-bond acceptors (Lipinski definition) is 6. The van der Waals surface area contributed by atoms with Crippen molar-refractivity contribution in [1.82, 2.24) is 25.2 Å². The number of urea groups is 1. The summed E-state index contributed by atoms with van der Waals surface area (Å²) in [6.07, 6.45) is -3.30. The van der Waals surface area contributed by atoms with Crippen LogP contribution in [-0.4, -0.2) is 71.4 Å². The van der Waals surface area contributed by atoms with Crippen LogP contribution in [0.5, 0.6) is 5.75 Å². The molecule has 0 atom stereocenters. The number of rotatable bonds is 5. The molecule has 0 bridgehead atoms. The van der Waals surface area contributed by atoms with Gasteiger partial charge in [0.2, 0.25) is 0 Å². The molecule has 1 aliphatic rings. The molecule has 0 spiro atoms. The molecule has 0 aliphatic carbocycles. The molecule has 3 N–H and O–H groups in total. The molecule has 2 aromatic heterocycles. The van der Waals surface area contributed by atoms with Crippen LogP contribution in [-0.2, 0) is 0 Å². The number of aromatic amines is 1. The molecule has 39 heavy (non-hydrogen) atoms. The number of carbonyl (C=O) groups is 2. The van der Waals surface area contributed by atoms with Gasteiger partial charge in [0.1, 0.15) is 23.5 Å². The summed E-state index contributed by atoms with van der Waals surface area (Å²) in [6, 6.07) is 13.8. The van der Waals surface area contributed by atoms with E-state index in [4.69, 9.17) is 0 Å². The maximum atomic E-state index is 12.7. The number of amides is 3. The molecule has 1 saturated heterocycles. The van der Waals surface area contributed by atoms with Gasteiger partial charge in [0.05, 0.1) is 5.39 Å². The summed E-state index contributed by atoms with van der Waals surface area (Å²) < 4.78 is 40.9. The molecule has 13 heteroatoms. The van der Waals surface area contributed by atoms with Crippen molar-refractivity contribution >= 4 is 34.5 Å². The summed E-state index contributed by atoms with van der Waals surface area (Å²) >= 11 is 0. The van der Waals surface area contributed by atoms with E-state index in [9.17, 15) is 22.8 Å². The molecule has 202 valence electrons. The SMILES string of the molecule is CNC(=O)c1cccc(-c2cc3c(N4CCN(C(=O)Nc5ccc(OC(F)(F)F)cc5)CC4)ncnc3[nH]2)c1. The minimum absolute atomic E-state index is 0.178. The van der Waals surface area contributed by atoms with Gasteiger partial charge in [-0.05, 0) is 48.0 Å². The fourth-order valence-electron chi connectivity index (χ4n) is 4.37. The predicted molar refractivity (Wildman–Crippen MR) is 139 cm³/mol. The highest BCUT2D eigenvalue weighted by atomic mass is 19.4. The van der Waals surface area contributed by atoms with Gasteiger partial charge in [-0.3, -0.25) is 4.79 Å². The zero-order chi connectivity index (χ0) is 27.6. The number of nitrogens with one attached hydrogen (secondary N) is 3. The summed E-state index contributed by atoms with van der Waals surface area (Å²) in [6.45, 7) is 1.87. The van der Waals surface area contributed by atoms with E-state index >= 15 is 0 Å². The zero-order valence-corrected chi connectivity index (χ0v) is 20.7. The van der Waals surface area contributed by atoms with Crippen molar-refractivity contribution in [2.45, 2.75) is 6.36 Å². The summed E-state index contributed by atoms with van der Waals surface area (Å²) in [5.41, 5.74) is 3.18. The Morgan fingerprint density at radius 1 is 1.00 bits per heavy atom. The smallest absolute Gasteiger partial charge is 0.406 e. The number of halogens is 3. The number of fused-ring (bicyclic) bond motifs is 1. The highest BCUT2D eigenvalue weighted by Crippen LogP contribution is 2.30. The molecule has 3 amide bonds. The monoisotopic (exact) mass is 539 g/mol. The van der Waals surface area contributed by atoms with Crippen molar-refractivity contribution in [2.75, 3.05) is 43.4 Å². The van der Waals surface area contributed by atoms with E-state index in [2.05, 4.69) is 35.2 Å². The van der Waals surface area contributed by atoms with Gasteiger partial charge in [-0.25, -0.2) is 14.8 Å². The lowest BCUT2D eigenvalue weighted by molar-refractivity contribution is -0.274. The lowest BCUT2D eigenvalue weighted by atomic mass is 10.1. The number of piperazine rings is 1. The maximum Gasteiger partial charge on any atom is 0.573 e. The van der Waals surface area contributed by atoms with E-state index < -0.39 is 6.36 Å². The number of nitrogens with zero attached hydrogens (tertiary/aromatic N) is 4. The lowest BCUT2D eigenvalue weighted by Crippen LogP contribution is -2.50. The van der Waals surface area contributed by atoms with E-state index in [-0.39, 0.29) is 17.7 Å². The topological polar surface area (TPSA) is 115 Å². The lowest BCUT2D eigenvalue weighted by Gasteiger charge is -2.35. The normalized spacial score (nSPS) is 13.8. The molecule has 4 aromatic rings. The Balaban J connectivity index is 1.25. The van der Waals surface area contributed by atoms with Crippen molar-refractivity contribution in [3.8, 4) is 17.0 Å². The van der Waals surface area contributed by atoms with Gasteiger partial charge in [0.25, 0.3) is 5.91 Å². The second-order valence-electron chi connectivity index (χ2n) is 8.78. The molecular weight excluding hydrogens is 515 g/mol.